The Morgan fingerprint density at radius 2 is 2.10 bits per heavy atom. The van der Waals surface area contributed by atoms with Gasteiger partial charge in [0.1, 0.15) is 11.5 Å². The number of pyridine rings is 1. The zero-order valence-corrected chi connectivity index (χ0v) is 11.7. The minimum atomic E-state index is -0.440. The Kier molecular flexibility index (Phi) is 4.50. The van der Waals surface area contributed by atoms with Gasteiger partial charge in [-0.2, -0.15) is 0 Å². The van der Waals surface area contributed by atoms with Crippen LogP contribution in [0.5, 0.6) is 0 Å². The summed E-state index contributed by atoms with van der Waals surface area (Å²) in [5.41, 5.74) is 5.81. The van der Waals surface area contributed by atoms with Crippen molar-refractivity contribution in [2.45, 2.75) is 13.8 Å². The molecule has 2 aromatic rings. The molecule has 2 aromatic heterocycles. The number of hydrazine groups is 1. The minimum absolute atomic E-state index is 0.393. The summed E-state index contributed by atoms with van der Waals surface area (Å²) < 4.78 is 5.25. The van der Waals surface area contributed by atoms with Gasteiger partial charge in [0.05, 0.1) is 5.56 Å². The molecule has 2 amide bonds. The molecule has 0 radical (unpaired) electrons. The van der Waals surface area contributed by atoms with Crippen molar-refractivity contribution in [1.82, 2.24) is 15.8 Å². The third-order valence-electron chi connectivity index (χ3n) is 2.70. The van der Waals surface area contributed by atoms with Crippen LogP contribution in [0.2, 0.25) is 0 Å². The standard InChI is InChI=1S/C15H15N3O3/c1-10-8-13(11(2)21-10)15(20)18-17-14(19)6-5-12-4-3-7-16-9-12/h3-9H,1-2H3,(H,17,19)(H,18,20)/b6-5+. The largest absolute Gasteiger partial charge is 0.466 e. The summed E-state index contributed by atoms with van der Waals surface area (Å²) in [5, 5.41) is 0. The molecule has 0 aliphatic rings. The molecule has 0 saturated carbocycles. The summed E-state index contributed by atoms with van der Waals surface area (Å²) in [5.74, 6) is 0.281. The van der Waals surface area contributed by atoms with Gasteiger partial charge in [-0.3, -0.25) is 25.4 Å². The lowest BCUT2D eigenvalue weighted by Gasteiger charge is -2.03. The molecule has 0 fully saturated rings. The van der Waals surface area contributed by atoms with Gasteiger partial charge in [-0.05, 0) is 37.6 Å². The van der Waals surface area contributed by atoms with E-state index in [0.29, 0.717) is 17.1 Å². The molecule has 21 heavy (non-hydrogen) atoms. The Morgan fingerprint density at radius 1 is 1.29 bits per heavy atom. The number of rotatable bonds is 3. The molecule has 6 nitrogen and oxygen atoms in total. The number of nitrogens with one attached hydrogen (secondary N) is 2. The zero-order chi connectivity index (χ0) is 15.2. The average Bonchev–Trinajstić information content (AvgIpc) is 2.82. The number of carbonyl (C=O) groups excluding carboxylic acids is 2. The topological polar surface area (TPSA) is 84.2 Å². The van der Waals surface area contributed by atoms with Crippen molar-refractivity contribution in [3.63, 3.8) is 0 Å². The summed E-state index contributed by atoms with van der Waals surface area (Å²) in [6, 6.07) is 5.19. The Balaban J connectivity index is 1.88. The lowest BCUT2D eigenvalue weighted by Crippen LogP contribution is -2.40. The van der Waals surface area contributed by atoms with Crippen molar-refractivity contribution in [1.29, 1.82) is 0 Å². The zero-order valence-electron chi connectivity index (χ0n) is 11.7. The van der Waals surface area contributed by atoms with E-state index in [-0.39, 0.29) is 0 Å². The summed E-state index contributed by atoms with van der Waals surface area (Å²) in [6.07, 6.45) is 6.18. The molecule has 0 aliphatic heterocycles. The van der Waals surface area contributed by atoms with Crippen LogP contribution in [0.25, 0.3) is 6.08 Å². The maximum absolute atomic E-state index is 11.8. The maximum atomic E-state index is 11.8. The first-order valence-corrected chi connectivity index (χ1v) is 6.31. The van der Waals surface area contributed by atoms with Gasteiger partial charge < -0.3 is 4.42 Å². The highest BCUT2D eigenvalue weighted by Gasteiger charge is 2.13. The van der Waals surface area contributed by atoms with Crippen LogP contribution in [0, 0.1) is 13.8 Å². The highest BCUT2D eigenvalue weighted by Crippen LogP contribution is 2.12. The number of aryl methyl sites for hydroxylation is 2. The van der Waals surface area contributed by atoms with E-state index >= 15 is 0 Å². The third kappa shape index (κ3) is 4.04. The van der Waals surface area contributed by atoms with Crippen LogP contribution in [0.1, 0.15) is 27.4 Å². The first-order valence-electron chi connectivity index (χ1n) is 6.31. The predicted octanol–water partition coefficient (Wildman–Crippen LogP) is 1.77. The van der Waals surface area contributed by atoms with E-state index in [1.165, 1.54) is 6.08 Å². The van der Waals surface area contributed by atoms with Gasteiger partial charge >= 0.3 is 0 Å². The molecule has 108 valence electrons. The molecule has 2 N–H and O–H groups in total. The van der Waals surface area contributed by atoms with E-state index in [1.807, 2.05) is 6.07 Å². The Labute approximate surface area is 121 Å². The van der Waals surface area contributed by atoms with Crippen LogP contribution in [0.15, 0.2) is 41.1 Å². The lowest BCUT2D eigenvalue weighted by molar-refractivity contribution is -0.117. The van der Waals surface area contributed by atoms with E-state index < -0.39 is 11.8 Å². The van der Waals surface area contributed by atoms with Gasteiger partial charge in [-0.25, -0.2) is 0 Å². The van der Waals surface area contributed by atoms with E-state index in [1.54, 1.807) is 44.4 Å². The molecule has 6 heteroatoms. The van der Waals surface area contributed by atoms with Gasteiger partial charge in [0.2, 0.25) is 0 Å². The minimum Gasteiger partial charge on any atom is -0.466 e. The second kappa shape index (κ2) is 6.51. The van der Waals surface area contributed by atoms with Gasteiger partial charge in [0, 0.05) is 18.5 Å². The fourth-order valence-corrected chi connectivity index (χ4v) is 1.73. The number of carbonyl (C=O) groups is 2. The summed E-state index contributed by atoms with van der Waals surface area (Å²) in [7, 11) is 0. The van der Waals surface area contributed by atoms with Crippen LogP contribution < -0.4 is 10.9 Å². The number of furan rings is 1. The summed E-state index contributed by atoms with van der Waals surface area (Å²) in [4.78, 5) is 27.3. The van der Waals surface area contributed by atoms with Crippen LogP contribution >= 0.6 is 0 Å². The van der Waals surface area contributed by atoms with Crippen LogP contribution in [0.3, 0.4) is 0 Å². The number of aromatic nitrogens is 1. The first kappa shape index (κ1) is 14.5. The maximum Gasteiger partial charge on any atom is 0.273 e. The molecule has 0 aliphatic carbocycles. The molecular weight excluding hydrogens is 270 g/mol. The van der Waals surface area contributed by atoms with E-state index in [4.69, 9.17) is 4.42 Å². The second-order valence-electron chi connectivity index (χ2n) is 4.39. The SMILES string of the molecule is Cc1cc(C(=O)NNC(=O)/C=C/c2cccnc2)c(C)o1. The molecule has 0 spiro atoms. The lowest BCUT2D eigenvalue weighted by atomic mass is 10.2. The molecule has 0 saturated heterocycles. The van der Waals surface area contributed by atoms with Crippen molar-refractivity contribution in [3.8, 4) is 0 Å². The predicted molar refractivity (Wildman–Crippen MR) is 77.1 cm³/mol. The van der Waals surface area contributed by atoms with E-state index in [9.17, 15) is 9.59 Å². The van der Waals surface area contributed by atoms with Crippen LogP contribution in [-0.2, 0) is 4.79 Å². The highest BCUT2D eigenvalue weighted by molar-refractivity contribution is 5.98. The molecule has 2 rings (SSSR count). The smallest absolute Gasteiger partial charge is 0.273 e. The van der Waals surface area contributed by atoms with E-state index in [2.05, 4.69) is 15.8 Å². The first-order chi connectivity index (χ1) is 10.1. The van der Waals surface area contributed by atoms with Crippen molar-refractivity contribution in [2.24, 2.45) is 0 Å². The summed E-state index contributed by atoms with van der Waals surface area (Å²) >= 11 is 0. The van der Waals surface area contributed by atoms with Gasteiger partial charge in [0.25, 0.3) is 11.8 Å². The van der Waals surface area contributed by atoms with Crippen molar-refractivity contribution < 1.29 is 14.0 Å². The Morgan fingerprint density at radius 3 is 2.71 bits per heavy atom. The second-order valence-corrected chi connectivity index (χ2v) is 4.39. The average molecular weight is 285 g/mol. The van der Waals surface area contributed by atoms with E-state index in [0.717, 1.165) is 5.56 Å². The number of hydrogen-bond acceptors (Lipinski definition) is 4. The molecular formula is C15H15N3O3. The Bertz CT molecular complexity index is 675. The Hall–Kier alpha value is -2.89. The van der Waals surface area contributed by atoms with Gasteiger partial charge in [-0.15, -0.1) is 0 Å². The van der Waals surface area contributed by atoms with Crippen molar-refractivity contribution in [2.75, 3.05) is 0 Å². The molecule has 0 aromatic carbocycles. The fraction of sp³-hybridized carbons (Fsp3) is 0.133. The monoisotopic (exact) mass is 285 g/mol. The normalized spacial score (nSPS) is 10.6. The third-order valence-corrected chi connectivity index (χ3v) is 2.70. The van der Waals surface area contributed by atoms with Crippen molar-refractivity contribution in [3.05, 3.63) is 59.3 Å². The quantitative estimate of drug-likeness (QED) is 0.665. The number of hydrogen-bond donors (Lipinski definition) is 2. The summed E-state index contributed by atoms with van der Waals surface area (Å²) in [6.45, 7) is 3.44. The number of nitrogens with zero attached hydrogens (tertiary/aromatic N) is 1. The van der Waals surface area contributed by atoms with Crippen molar-refractivity contribution >= 4 is 17.9 Å². The van der Waals surface area contributed by atoms with Gasteiger partial charge in [0.15, 0.2) is 0 Å². The molecule has 2 heterocycles. The van der Waals surface area contributed by atoms with Crippen LogP contribution in [-0.4, -0.2) is 16.8 Å². The van der Waals surface area contributed by atoms with Gasteiger partial charge in [-0.1, -0.05) is 6.07 Å². The highest BCUT2D eigenvalue weighted by atomic mass is 16.3. The molecule has 0 unspecified atom stereocenters. The molecule has 0 bridgehead atoms. The molecule has 0 atom stereocenters. The van der Waals surface area contributed by atoms with Crippen LogP contribution in [0.4, 0.5) is 0 Å². The fourth-order valence-electron chi connectivity index (χ4n) is 1.73. The number of amides is 2.